The lowest BCUT2D eigenvalue weighted by molar-refractivity contribution is 0.313. The molecule has 1 saturated carbocycles. The topological polar surface area (TPSA) is 107 Å². The molecule has 0 amide bonds. The van der Waals surface area contributed by atoms with Crippen LogP contribution in [0.3, 0.4) is 0 Å². The van der Waals surface area contributed by atoms with Gasteiger partial charge >= 0.3 is 0 Å². The van der Waals surface area contributed by atoms with Crippen molar-refractivity contribution in [2.24, 2.45) is 0 Å². The minimum absolute atomic E-state index is 0.0496. The maximum Gasteiger partial charge on any atom is 0.295 e. The zero-order chi connectivity index (χ0) is 21.5. The number of hydrogen-bond acceptors (Lipinski definition) is 7. The van der Waals surface area contributed by atoms with Crippen LogP contribution in [0.15, 0.2) is 40.2 Å². The Hall–Kier alpha value is -2.52. The number of nitrogens with one attached hydrogen (secondary N) is 1. The monoisotopic (exact) mass is 447 g/mol. The second-order valence-corrected chi connectivity index (χ2v) is 10.0. The van der Waals surface area contributed by atoms with E-state index in [1.807, 2.05) is 6.92 Å². The Balaban J connectivity index is 1.69. The number of fused-ring (bicyclic) bond motifs is 1. The number of rotatable bonds is 6. The summed E-state index contributed by atoms with van der Waals surface area (Å²) in [6.45, 7) is 3.50. The molecule has 4 rings (SSSR count). The second-order valence-electron chi connectivity index (χ2n) is 7.41. The van der Waals surface area contributed by atoms with Crippen LogP contribution in [-0.4, -0.2) is 33.7 Å². The molecule has 1 fully saturated rings. The van der Waals surface area contributed by atoms with Gasteiger partial charge in [-0.2, -0.15) is 4.98 Å². The number of sulfone groups is 1. The smallest absolute Gasteiger partial charge is 0.295 e. The third kappa shape index (κ3) is 3.79. The normalized spacial score (nSPS) is 15.7. The summed E-state index contributed by atoms with van der Waals surface area (Å²) in [6.07, 6.45) is 4.39. The number of hydrogen-bond donors (Lipinski definition) is 1. The molecule has 0 spiro atoms. The number of benzene rings is 1. The van der Waals surface area contributed by atoms with E-state index in [1.165, 1.54) is 6.20 Å². The highest BCUT2D eigenvalue weighted by atomic mass is 35.5. The maximum absolute atomic E-state index is 13.2. The van der Waals surface area contributed by atoms with Gasteiger partial charge in [0.1, 0.15) is 5.52 Å². The molecule has 1 aliphatic carbocycles. The third-order valence-corrected chi connectivity index (χ3v) is 7.45. The Labute approximate surface area is 179 Å². The number of halogens is 1. The molecule has 1 aromatic carbocycles. The molecule has 1 unspecified atom stereocenters. The molecule has 8 nitrogen and oxygen atoms in total. The van der Waals surface area contributed by atoms with Crippen molar-refractivity contribution in [3.8, 4) is 0 Å². The van der Waals surface area contributed by atoms with Gasteiger partial charge in [0, 0.05) is 6.04 Å². The largest absolute Gasteiger partial charge is 0.359 e. The van der Waals surface area contributed by atoms with Crippen molar-refractivity contribution in [1.29, 1.82) is 0 Å². The maximum atomic E-state index is 13.2. The summed E-state index contributed by atoms with van der Waals surface area (Å²) in [5.74, 6) is 0.256. The molecule has 30 heavy (non-hydrogen) atoms. The summed E-state index contributed by atoms with van der Waals surface area (Å²) in [5, 5.41) is 3.24. The zero-order valence-electron chi connectivity index (χ0n) is 16.7. The molecule has 158 valence electrons. The van der Waals surface area contributed by atoms with Crippen molar-refractivity contribution >= 4 is 38.4 Å². The quantitative estimate of drug-likeness (QED) is 0.576. The van der Waals surface area contributed by atoms with Gasteiger partial charge in [-0.25, -0.2) is 18.4 Å². The summed E-state index contributed by atoms with van der Waals surface area (Å²) < 4.78 is 25.7. The summed E-state index contributed by atoms with van der Waals surface area (Å²) in [7, 11) is -3.26. The van der Waals surface area contributed by atoms with Crippen LogP contribution < -0.4 is 10.9 Å². The van der Waals surface area contributed by atoms with E-state index in [-0.39, 0.29) is 39.4 Å². The molecule has 0 radical (unpaired) electrons. The first-order valence-electron chi connectivity index (χ1n) is 9.84. The molecule has 1 atom stereocenters. The SMILES string of the molecule is CCS(=O)(=O)c1ccc(C(C)Nc2nc3cnc(Cl)nc3n(C3CCC3)c2=O)cc1. The molecule has 0 aliphatic heterocycles. The van der Waals surface area contributed by atoms with Crippen molar-refractivity contribution in [3.05, 3.63) is 51.7 Å². The first kappa shape index (κ1) is 20.7. The Morgan fingerprint density at radius 1 is 1.23 bits per heavy atom. The highest BCUT2D eigenvalue weighted by molar-refractivity contribution is 7.91. The average Bonchev–Trinajstić information content (AvgIpc) is 2.70. The Kier molecular flexibility index (Phi) is 5.50. The van der Waals surface area contributed by atoms with E-state index >= 15 is 0 Å². The molecule has 1 aliphatic rings. The fraction of sp³-hybridized carbons (Fsp3) is 0.400. The predicted octanol–water partition coefficient (Wildman–Crippen LogP) is 3.53. The van der Waals surface area contributed by atoms with Crippen LogP contribution in [-0.2, 0) is 9.84 Å². The summed E-state index contributed by atoms with van der Waals surface area (Å²) in [6, 6.07) is 6.47. The van der Waals surface area contributed by atoms with Crippen molar-refractivity contribution in [2.75, 3.05) is 11.1 Å². The lowest BCUT2D eigenvalue weighted by atomic mass is 9.93. The van der Waals surface area contributed by atoms with Gasteiger partial charge in [0.25, 0.3) is 5.56 Å². The van der Waals surface area contributed by atoms with Gasteiger partial charge in [0.05, 0.1) is 22.9 Å². The van der Waals surface area contributed by atoms with Crippen LogP contribution in [0.2, 0.25) is 5.28 Å². The second kappa shape index (κ2) is 7.96. The highest BCUT2D eigenvalue weighted by Gasteiger charge is 2.26. The Bertz CT molecular complexity index is 1250. The zero-order valence-corrected chi connectivity index (χ0v) is 18.2. The minimum Gasteiger partial charge on any atom is -0.359 e. The molecule has 0 bridgehead atoms. The van der Waals surface area contributed by atoms with Crippen LogP contribution in [0.1, 0.15) is 50.8 Å². The molecular weight excluding hydrogens is 426 g/mol. The van der Waals surface area contributed by atoms with Gasteiger partial charge in [0.2, 0.25) is 5.28 Å². The van der Waals surface area contributed by atoms with E-state index in [0.29, 0.717) is 11.2 Å². The summed E-state index contributed by atoms with van der Waals surface area (Å²) >= 11 is 5.94. The van der Waals surface area contributed by atoms with Gasteiger partial charge in [0.15, 0.2) is 21.3 Å². The predicted molar refractivity (Wildman–Crippen MR) is 116 cm³/mol. The molecule has 0 saturated heterocycles. The number of anilines is 1. The van der Waals surface area contributed by atoms with Crippen molar-refractivity contribution < 1.29 is 8.42 Å². The molecule has 3 aromatic rings. The van der Waals surface area contributed by atoms with Crippen molar-refractivity contribution in [2.45, 2.75) is 50.1 Å². The van der Waals surface area contributed by atoms with Gasteiger partial charge < -0.3 is 5.32 Å². The van der Waals surface area contributed by atoms with Crippen molar-refractivity contribution in [1.82, 2.24) is 19.5 Å². The Morgan fingerprint density at radius 3 is 2.53 bits per heavy atom. The van der Waals surface area contributed by atoms with Gasteiger partial charge in [-0.15, -0.1) is 0 Å². The van der Waals surface area contributed by atoms with Crippen LogP contribution in [0.5, 0.6) is 0 Å². The third-order valence-electron chi connectivity index (χ3n) is 5.51. The van der Waals surface area contributed by atoms with E-state index in [2.05, 4.69) is 20.3 Å². The van der Waals surface area contributed by atoms with E-state index in [9.17, 15) is 13.2 Å². The van der Waals surface area contributed by atoms with Crippen LogP contribution >= 0.6 is 11.6 Å². The van der Waals surface area contributed by atoms with Crippen LogP contribution in [0, 0.1) is 0 Å². The molecule has 2 aromatic heterocycles. The fourth-order valence-corrected chi connectivity index (χ4v) is 4.49. The van der Waals surface area contributed by atoms with E-state index in [1.54, 1.807) is 35.8 Å². The van der Waals surface area contributed by atoms with E-state index in [0.717, 1.165) is 24.8 Å². The van der Waals surface area contributed by atoms with E-state index < -0.39 is 9.84 Å². The van der Waals surface area contributed by atoms with Crippen molar-refractivity contribution in [3.63, 3.8) is 0 Å². The average molecular weight is 448 g/mol. The van der Waals surface area contributed by atoms with Gasteiger partial charge in [-0.1, -0.05) is 19.1 Å². The minimum atomic E-state index is -3.26. The molecular formula is C20H22ClN5O3S. The van der Waals surface area contributed by atoms with Gasteiger partial charge in [-0.05, 0) is 55.5 Å². The first-order chi connectivity index (χ1) is 14.3. The summed E-state index contributed by atoms with van der Waals surface area (Å²) in [4.78, 5) is 26.1. The van der Waals surface area contributed by atoms with Gasteiger partial charge in [-0.3, -0.25) is 9.36 Å². The lowest BCUT2D eigenvalue weighted by Gasteiger charge is -2.29. The summed E-state index contributed by atoms with van der Waals surface area (Å²) in [5.41, 5.74) is 1.52. The standard InChI is InChI=1S/C20H22ClN5O3S/c1-3-30(28,29)15-9-7-13(8-10-15)12(2)23-17-19(27)26(14-5-4-6-14)18-16(24-17)11-22-20(21)25-18/h7-12,14H,3-6H2,1-2H3,(H,23,24). The molecule has 2 heterocycles. The molecule has 1 N–H and O–H groups in total. The van der Waals surface area contributed by atoms with E-state index in [4.69, 9.17) is 11.6 Å². The lowest BCUT2D eigenvalue weighted by Crippen LogP contribution is -2.32. The van der Waals surface area contributed by atoms with Crippen LogP contribution in [0.4, 0.5) is 5.82 Å². The highest BCUT2D eigenvalue weighted by Crippen LogP contribution is 2.32. The number of aromatic nitrogens is 4. The first-order valence-corrected chi connectivity index (χ1v) is 11.9. The molecule has 10 heteroatoms. The van der Waals surface area contributed by atoms with Crippen LogP contribution in [0.25, 0.3) is 11.2 Å². The fourth-order valence-electron chi connectivity index (χ4n) is 3.48. The Morgan fingerprint density at radius 2 is 1.93 bits per heavy atom. The number of nitrogens with zero attached hydrogens (tertiary/aromatic N) is 4.